The van der Waals surface area contributed by atoms with Crippen LogP contribution in [0.4, 0.5) is 0 Å². The highest BCUT2D eigenvalue weighted by molar-refractivity contribution is 5.76. The minimum Gasteiger partial charge on any atom is -0.507 e. The van der Waals surface area contributed by atoms with Gasteiger partial charge in [0.05, 0.1) is 0 Å². The Morgan fingerprint density at radius 3 is 2.07 bits per heavy atom. The van der Waals surface area contributed by atoms with Gasteiger partial charge in [0, 0.05) is 11.6 Å². The number of aryl methyl sites for hydroxylation is 2. The molecule has 0 spiro atoms. The van der Waals surface area contributed by atoms with Crippen LogP contribution in [0, 0.1) is 13.8 Å². The zero-order chi connectivity index (χ0) is 21.5. The summed E-state index contributed by atoms with van der Waals surface area (Å²) in [4.78, 5) is 20.5. The number of hydrogen-bond donors (Lipinski definition) is 5. The standard InChI is InChI=1S/C9H10O2.C6H14N2O2.C6H13N/c1-6-3-8(5-10)4-7(2)9(6)11;7-4-2-1-3-5(8)6(9)10;7-6-4-2-1-3-5-6/h3-5,11H,1-2H3;5H,1-4,7-8H2,(H,9,10);6H,1-5,7H2/t;5-;/m.0./s1. The van der Waals surface area contributed by atoms with Crippen molar-refractivity contribution in [2.24, 2.45) is 17.2 Å². The first-order valence-corrected chi connectivity index (χ1v) is 9.92. The van der Waals surface area contributed by atoms with Crippen molar-refractivity contribution in [2.75, 3.05) is 6.54 Å². The number of aliphatic carboxylic acids is 1. The second kappa shape index (κ2) is 15.0. The van der Waals surface area contributed by atoms with E-state index >= 15 is 0 Å². The van der Waals surface area contributed by atoms with E-state index in [-0.39, 0.29) is 5.75 Å². The zero-order valence-electron chi connectivity index (χ0n) is 17.2. The van der Waals surface area contributed by atoms with Crippen molar-refractivity contribution in [1.29, 1.82) is 0 Å². The van der Waals surface area contributed by atoms with E-state index in [1.54, 1.807) is 26.0 Å². The van der Waals surface area contributed by atoms with Gasteiger partial charge >= 0.3 is 5.97 Å². The maximum Gasteiger partial charge on any atom is 0.320 e. The predicted octanol–water partition coefficient (Wildman–Crippen LogP) is 2.63. The van der Waals surface area contributed by atoms with Crippen LogP contribution in [0.15, 0.2) is 12.1 Å². The molecule has 1 fully saturated rings. The summed E-state index contributed by atoms with van der Waals surface area (Å²) in [6, 6.07) is 3.14. The van der Waals surface area contributed by atoms with Crippen molar-refractivity contribution in [3.05, 3.63) is 28.8 Å². The van der Waals surface area contributed by atoms with Crippen LogP contribution in [0.25, 0.3) is 0 Å². The summed E-state index contributed by atoms with van der Waals surface area (Å²) in [5.41, 5.74) is 18.1. The number of carboxylic acids is 1. The molecule has 1 aliphatic rings. The lowest BCUT2D eigenvalue weighted by molar-refractivity contribution is -0.138. The first-order chi connectivity index (χ1) is 13.2. The van der Waals surface area contributed by atoms with Gasteiger partial charge in [0.1, 0.15) is 18.1 Å². The molecule has 1 saturated carbocycles. The van der Waals surface area contributed by atoms with Gasteiger partial charge in [0.2, 0.25) is 0 Å². The van der Waals surface area contributed by atoms with Crippen LogP contribution < -0.4 is 17.2 Å². The smallest absolute Gasteiger partial charge is 0.320 e. The molecule has 0 aliphatic heterocycles. The minimum atomic E-state index is -0.933. The van der Waals surface area contributed by atoms with Crippen LogP contribution in [0.2, 0.25) is 0 Å². The third-order valence-electron chi connectivity index (χ3n) is 4.59. The largest absolute Gasteiger partial charge is 0.507 e. The van der Waals surface area contributed by atoms with Crippen LogP contribution in [-0.2, 0) is 4.79 Å². The summed E-state index contributed by atoms with van der Waals surface area (Å²) in [6.07, 6.45) is 9.60. The molecule has 0 amide bonds. The van der Waals surface area contributed by atoms with Gasteiger partial charge in [-0.05, 0) is 69.3 Å². The molecular formula is C21H37N3O4. The highest BCUT2D eigenvalue weighted by Gasteiger charge is 2.09. The summed E-state index contributed by atoms with van der Waals surface area (Å²) < 4.78 is 0. The molecule has 0 unspecified atom stereocenters. The molecule has 0 radical (unpaired) electrons. The topological polar surface area (TPSA) is 153 Å². The highest BCUT2D eigenvalue weighted by atomic mass is 16.4. The molecule has 0 aromatic heterocycles. The Bertz CT molecular complexity index is 564. The number of nitrogens with two attached hydrogens (primary N) is 3. The Balaban J connectivity index is 0.000000400. The molecule has 8 N–H and O–H groups in total. The summed E-state index contributed by atoms with van der Waals surface area (Å²) in [5, 5.41) is 17.6. The van der Waals surface area contributed by atoms with Crippen LogP contribution in [0.5, 0.6) is 5.75 Å². The quantitative estimate of drug-likeness (QED) is 0.366. The second-order valence-corrected chi connectivity index (χ2v) is 7.25. The van der Waals surface area contributed by atoms with Crippen molar-refractivity contribution in [2.45, 2.75) is 77.3 Å². The second-order valence-electron chi connectivity index (χ2n) is 7.25. The van der Waals surface area contributed by atoms with E-state index < -0.39 is 12.0 Å². The molecule has 1 atom stereocenters. The number of carboxylic acid groups (broad SMARTS) is 1. The molecule has 0 bridgehead atoms. The molecule has 1 aliphatic carbocycles. The molecule has 28 heavy (non-hydrogen) atoms. The maximum atomic E-state index is 10.3. The molecule has 2 rings (SSSR count). The fraction of sp³-hybridized carbons (Fsp3) is 0.619. The van der Waals surface area contributed by atoms with E-state index in [0.29, 0.717) is 24.6 Å². The molecule has 1 aromatic carbocycles. The fourth-order valence-corrected chi connectivity index (χ4v) is 2.82. The fourth-order valence-electron chi connectivity index (χ4n) is 2.82. The monoisotopic (exact) mass is 395 g/mol. The Hall–Kier alpha value is -1.96. The Labute approximate surface area is 168 Å². The van der Waals surface area contributed by atoms with Gasteiger partial charge in [-0.15, -0.1) is 0 Å². The van der Waals surface area contributed by atoms with Gasteiger partial charge < -0.3 is 27.4 Å². The lowest BCUT2D eigenvalue weighted by Crippen LogP contribution is -2.29. The minimum absolute atomic E-state index is 0.274. The SMILES string of the molecule is Cc1cc(C=O)cc(C)c1O.NC1CCCCC1.NCCCC[C@H](N)C(=O)O. The number of aromatic hydroxyl groups is 1. The van der Waals surface area contributed by atoms with E-state index in [0.717, 1.165) is 30.3 Å². The third kappa shape index (κ3) is 11.7. The van der Waals surface area contributed by atoms with E-state index in [9.17, 15) is 14.7 Å². The summed E-state index contributed by atoms with van der Waals surface area (Å²) in [7, 11) is 0. The van der Waals surface area contributed by atoms with Crippen molar-refractivity contribution < 1.29 is 19.8 Å². The first-order valence-electron chi connectivity index (χ1n) is 9.92. The van der Waals surface area contributed by atoms with Gasteiger partial charge in [-0.3, -0.25) is 9.59 Å². The van der Waals surface area contributed by atoms with Crippen LogP contribution in [-0.4, -0.2) is 41.1 Å². The Morgan fingerprint density at radius 2 is 1.71 bits per heavy atom. The molecule has 0 saturated heterocycles. The summed E-state index contributed by atoms with van der Waals surface area (Å²) in [6.45, 7) is 4.15. The molecule has 160 valence electrons. The number of hydrogen-bond acceptors (Lipinski definition) is 6. The summed E-state index contributed by atoms with van der Waals surface area (Å²) >= 11 is 0. The predicted molar refractivity (Wildman–Crippen MR) is 113 cm³/mol. The van der Waals surface area contributed by atoms with E-state index in [1.165, 1.54) is 32.1 Å². The molecule has 7 heteroatoms. The average Bonchev–Trinajstić information content (AvgIpc) is 2.67. The van der Waals surface area contributed by atoms with Crippen LogP contribution >= 0.6 is 0 Å². The number of phenols is 1. The van der Waals surface area contributed by atoms with Crippen molar-refractivity contribution in [1.82, 2.24) is 0 Å². The van der Waals surface area contributed by atoms with Gasteiger partial charge in [-0.25, -0.2) is 0 Å². The van der Waals surface area contributed by atoms with Gasteiger partial charge in [-0.1, -0.05) is 25.7 Å². The number of carbonyl (C=O) groups excluding carboxylic acids is 1. The van der Waals surface area contributed by atoms with E-state index in [2.05, 4.69) is 0 Å². The number of carbonyl (C=O) groups is 2. The van der Waals surface area contributed by atoms with E-state index in [1.807, 2.05) is 0 Å². The number of aldehydes is 1. The zero-order valence-corrected chi connectivity index (χ0v) is 17.2. The molecule has 1 aromatic rings. The lowest BCUT2D eigenvalue weighted by Gasteiger charge is -2.15. The van der Waals surface area contributed by atoms with Crippen molar-refractivity contribution >= 4 is 12.3 Å². The number of unbranched alkanes of at least 4 members (excludes halogenated alkanes) is 1. The summed E-state index contributed by atoms with van der Waals surface area (Å²) in [5.74, 6) is -0.660. The van der Waals surface area contributed by atoms with E-state index in [4.69, 9.17) is 22.3 Å². The average molecular weight is 396 g/mol. The maximum absolute atomic E-state index is 10.3. The molecular weight excluding hydrogens is 358 g/mol. The van der Waals surface area contributed by atoms with Crippen LogP contribution in [0.3, 0.4) is 0 Å². The van der Waals surface area contributed by atoms with Gasteiger partial charge in [0.25, 0.3) is 0 Å². The first kappa shape index (κ1) is 26.0. The van der Waals surface area contributed by atoms with Gasteiger partial charge in [0.15, 0.2) is 0 Å². The molecule has 7 nitrogen and oxygen atoms in total. The Morgan fingerprint density at radius 1 is 1.18 bits per heavy atom. The highest BCUT2D eigenvalue weighted by Crippen LogP contribution is 2.21. The van der Waals surface area contributed by atoms with Crippen LogP contribution in [0.1, 0.15) is 72.9 Å². The van der Waals surface area contributed by atoms with Crippen molar-refractivity contribution in [3.8, 4) is 5.75 Å². The molecule has 0 heterocycles. The third-order valence-corrected chi connectivity index (χ3v) is 4.59. The number of phenolic OH excluding ortho intramolecular Hbond substituents is 1. The Kier molecular flexibility index (Phi) is 14.0. The van der Waals surface area contributed by atoms with Crippen molar-refractivity contribution in [3.63, 3.8) is 0 Å². The number of rotatable bonds is 6. The van der Waals surface area contributed by atoms with Gasteiger partial charge in [-0.2, -0.15) is 0 Å². The lowest BCUT2D eigenvalue weighted by atomic mass is 9.97. The normalized spacial score (nSPS) is 14.8. The number of benzene rings is 1.